The molecule has 4 aliphatic heterocycles. The van der Waals surface area contributed by atoms with Crippen molar-refractivity contribution in [2.75, 3.05) is 75.4 Å². The lowest BCUT2D eigenvalue weighted by Gasteiger charge is -2.32. The van der Waals surface area contributed by atoms with Crippen LogP contribution in [0.4, 0.5) is 20.6 Å². The summed E-state index contributed by atoms with van der Waals surface area (Å²) in [6.07, 6.45) is 0.479. The molecule has 3 atom stereocenters. The van der Waals surface area contributed by atoms with E-state index in [2.05, 4.69) is 22.6 Å². The van der Waals surface area contributed by atoms with Gasteiger partial charge in [-0.3, -0.25) is 14.6 Å². The lowest BCUT2D eigenvalue weighted by Crippen LogP contribution is -2.51. The van der Waals surface area contributed by atoms with Crippen molar-refractivity contribution >= 4 is 23.4 Å². The number of hydrazine groups is 1. The summed E-state index contributed by atoms with van der Waals surface area (Å²) in [6, 6.07) is 4.75. The van der Waals surface area contributed by atoms with E-state index >= 15 is 4.39 Å². The Bertz CT molecular complexity index is 1070. The fourth-order valence-corrected chi connectivity index (χ4v) is 5.40. The zero-order valence-corrected chi connectivity index (χ0v) is 21.3. The monoisotopic (exact) mass is 518 g/mol. The van der Waals surface area contributed by atoms with Crippen LogP contribution >= 0.6 is 0 Å². The molecule has 0 aliphatic carbocycles. The number of fused-ring (bicyclic) bond motifs is 1. The van der Waals surface area contributed by atoms with Crippen molar-refractivity contribution in [2.24, 2.45) is 0 Å². The summed E-state index contributed by atoms with van der Waals surface area (Å²) in [5, 5.41) is 15.1. The van der Waals surface area contributed by atoms with E-state index in [4.69, 9.17) is 9.47 Å². The molecule has 3 fully saturated rings. The number of amides is 2. The lowest BCUT2D eigenvalue weighted by atomic mass is 9.99. The van der Waals surface area contributed by atoms with Crippen LogP contribution in [0.1, 0.15) is 13.8 Å². The minimum atomic E-state index is -0.559. The molecule has 4 heterocycles. The second kappa shape index (κ2) is 10.4. The van der Waals surface area contributed by atoms with Gasteiger partial charge in [-0.1, -0.05) is 0 Å². The van der Waals surface area contributed by atoms with E-state index in [0.29, 0.717) is 50.8 Å². The Morgan fingerprint density at radius 1 is 1.32 bits per heavy atom. The molecule has 1 aromatic rings. The molecular formula is C25H35FN6O5. The summed E-state index contributed by atoms with van der Waals surface area (Å²) in [5.41, 5.74) is 5.12. The quantitative estimate of drug-likeness (QED) is 0.447. The topological polar surface area (TPSA) is 110 Å². The Morgan fingerprint density at radius 2 is 2.11 bits per heavy atom. The van der Waals surface area contributed by atoms with E-state index in [0.717, 1.165) is 18.7 Å². The van der Waals surface area contributed by atoms with Gasteiger partial charge in [0.2, 0.25) is 5.91 Å². The van der Waals surface area contributed by atoms with Crippen LogP contribution in [0.5, 0.6) is 0 Å². The number of benzene rings is 1. The highest BCUT2D eigenvalue weighted by Gasteiger charge is 2.44. The molecule has 1 unspecified atom stereocenters. The first kappa shape index (κ1) is 25.7. The minimum absolute atomic E-state index is 0.203. The van der Waals surface area contributed by atoms with Gasteiger partial charge in [0.25, 0.3) is 0 Å². The zero-order valence-electron chi connectivity index (χ0n) is 21.3. The summed E-state index contributed by atoms with van der Waals surface area (Å²) in [4.78, 5) is 29.0. The molecule has 0 bridgehead atoms. The van der Waals surface area contributed by atoms with Crippen LogP contribution in [0.2, 0.25) is 0 Å². The molecule has 2 amide bonds. The van der Waals surface area contributed by atoms with Crippen molar-refractivity contribution < 1.29 is 28.6 Å². The Kier molecular flexibility index (Phi) is 7.26. The number of halogens is 1. The second-order valence-corrected chi connectivity index (χ2v) is 10.4. The molecule has 3 saturated heterocycles. The number of rotatable bonds is 8. The number of aliphatic hydroxyl groups excluding tert-OH is 1. The van der Waals surface area contributed by atoms with E-state index in [1.807, 2.05) is 16.1 Å². The maximum absolute atomic E-state index is 15.2. The van der Waals surface area contributed by atoms with Crippen molar-refractivity contribution in [2.45, 2.75) is 31.6 Å². The Hall–Kier alpha value is -2.93. The largest absolute Gasteiger partial charge is 0.442 e. The number of hydrogen-bond acceptors (Lipinski definition) is 9. The number of cyclic esters (lactones) is 1. The number of nitrogens with one attached hydrogen (secondary N) is 2. The number of ether oxygens (including phenoxy) is 2. The van der Waals surface area contributed by atoms with Gasteiger partial charge in [0.05, 0.1) is 55.9 Å². The smallest absolute Gasteiger partial charge is 0.414 e. The van der Waals surface area contributed by atoms with Gasteiger partial charge in [0.15, 0.2) is 0 Å². The average molecular weight is 519 g/mol. The van der Waals surface area contributed by atoms with E-state index in [1.165, 1.54) is 17.9 Å². The van der Waals surface area contributed by atoms with Gasteiger partial charge in [0.1, 0.15) is 11.9 Å². The molecule has 0 radical (unpaired) electrons. The van der Waals surface area contributed by atoms with Gasteiger partial charge >= 0.3 is 6.09 Å². The van der Waals surface area contributed by atoms with E-state index in [-0.39, 0.29) is 24.5 Å². The summed E-state index contributed by atoms with van der Waals surface area (Å²) < 4.78 is 25.9. The first-order valence-electron chi connectivity index (χ1n) is 12.7. The third-order valence-electron chi connectivity index (χ3n) is 7.30. The van der Waals surface area contributed by atoms with Crippen LogP contribution in [0.3, 0.4) is 0 Å². The number of β-amino-alcohol motifs (C(OH)–C–C–N with tert-alkyl or cyclic N) is 1. The molecule has 202 valence electrons. The van der Waals surface area contributed by atoms with Crippen LogP contribution in [-0.4, -0.2) is 110 Å². The highest BCUT2D eigenvalue weighted by molar-refractivity contribution is 5.90. The highest BCUT2D eigenvalue weighted by Crippen LogP contribution is 2.37. The lowest BCUT2D eigenvalue weighted by molar-refractivity contribution is -0.119. The molecule has 3 N–H and O–H groups in total. The number of nitrogens with zero attached hydrogens (tertiary/aromatic N) is 4. The zero-order chi connectivity index (χ0) is 26.2. The molecular weight excluding hydrogens is 483 g/mol. The van der Waals surface area contributed by atoms with E-state index in [9.17, 15) is 14.7 Å². The minimum Gasteiger partial charge on any atom is -0.442 e. The van der Waals surface area contributed by atoms with Crippen LogP contribution in [-0.2, 0) is 14.3 Å². The van der Waals surface area contributed by atoms with Gasteiger partial charge in [-0.05, 0) is 30.7 Å². The summed E-state index contributed by atoms with van der Waals surface area (Å²) in [5.74, 6) is -0.622. The predicted octanol–water partition coefficient (Wildman–Crippen LogP) is 0.263. The molecule has 0 aromatic heterocycles. The number of hydrogen-bond donors (Lipinski definition) is 3. The maximum atomic E-state index is 15.2. The number of morpholine rings is 1. The number of anilines is 2. The third kappa shape index (κ3) is 5.66. The Labute approximate surface area is 215 Å². The van der Waals surface area contributed by atoms with Gasteiger partial charge < -0.3 is 29.8 Å². The standard InChI is InChI=1S/C25H35FN6O5/c1-17(33)27-10-21-15-32(24(35)37-21)19-3-4-23(22(26)9-19)30-11-18-12-31(28-25(18,2)16-30)14-20(34)13-29-5-7-36-8-6-29/h3-4,9,12,20-21,28,34H,5-8,10-11,13-16H2,1-2H3,(H,27,33)/t20-,21+,25?/m1/s1. The first-order chi connectivity index (χ1) is 17.7. The molecule has 0 saturated carbocycles. The van der Waals surface area contributed by atoms with E-state index < -0.39 is 24.1 Å². The second-order valence-electron chi connectivity index (χ2n) is 10.4. The van der Waals surface area contributed by atoms with Crippen LogP contribution in [0.25, 0.3) is 0 Å². The summed E-state index contributed by atoms with van der Waals surface area (Å²) >= 11 is 0. The summed E-state index contributed by atoms with van der Waals surface area (Å²) in [6.45, 7) is 9.19. The van der Waals surface area contributed by atoms with Gasteiger partial charge in [-0.15, -0.1) is 0 Å². The van der Waals surface area contributed by atoms with Crippen molar-refractivity contribution in [3.63, 3.8) is 0 Å². The van der Waals surface area contributed by atoms with Crippen LogP contribution in [0, 0.1) is 5.82 Å². The average Bonchev–Trinajstić information content (AvgIpc) is 3.46. The van der Waals surface area contributed by atoms with Crippen molar-refractivity contribution in [3.8, 4) is 0 Å². The van der Waals surface area contributed by atoms with Crippen molar-refractivity contribution in [1.29, 1.82) is 0 Å². The van der Waals surface area contributed by atoms with E-state index in [1.54, 1.807) is 12.1 Å². The van der Waals surface area contributed by atoms with Gasteiger partial charge in [0, 0.05) is 45.8 Å². The van der Waals surface area contributed by atoms with Gasteiger partial charge in [-0.2, -0.15) is 0 Å². The van der Waals surface area contributed by atoms with Gasteiger partial charge in [-0.25, -0.2) is 14.6 Å². The molecule has 5 rings (SSSR count). The SMILES string of the molecule is CC(=O)NC[C@H]1CN(c2ccc(N3CC4=CN(C[C@H](O)CN5CCOCC5)NC4(C)C3)c(F)c2)C(=O)O1. The molecule has 11 nitrogen and oxygen atoms in total. The van der Waals surface area contributed by atoms with Crippen molar-refractivity contribution in [1.82, 2.24) is 20.7 Å². The number of aliphatic hydroxyl groups is 1. The molecule has 12 heteroatoms. The van der Waals surface area contributed by atoms with Crippen LogP contribution in [0.15, 0.2) is 30.0 Å². The maximum Gasteiger partial charge on any atom is 0.414 e. The first-order valence-corrected chi connectivity index (χ1v) is 12.7. The molecule has 4 aliphatic rings. The number of carbonyl (C=O) groups excluding carboxylic acids is 2. The normalized spacial score (nSPS) is 26.8. The third-order valence-corrected chi connectivity index (χ3v) is 7.30. The van der Waals surface area contributed by atoms with Crippen molar-refractivity contribution in [3.05, 3.63) is 35.8 Å². The molecule has 1 aromatic carbocycles. The molecule has 0 spiro atoms. The highest BCUT2D eigenvalue weighted by atomic mass is 19.1. The summed E-state index contributed by atoms with van der Waals surface area (Å²) in [7, 11) is 0. The fraction of sp³-hybridized carbons (Fsp3) is 0.600. The van der Waals surface area contributed by atoms with Crippen LogP contribution < -0.4 is 20.5 Å². The molecule has 37 heavy (non-hydrogen) atoms. The Morgan fingerprint density at radius 3 is 2.81 bits per heavy atom. The Balaban J connectivity index is 1.19. The predicted molar refractivity (Wildman–Crippen MR) is 135 cm³/mol. The number of carbonyl (C=O) groups is 2. The fourth-order valence-electron chi connectivity index (χ4n) is 5.40.